The highest BCUT2D eigenvalue weighted by Crippen LogP contribution is 2.41. The number of methoxy groups -OCH3 is 1. The molecule has 45 heavy (non-hydrogen) atoms. The van der Waals surface area contributed by atoms with Crippen molar-refractivity contribution in [1.82, 2.24) is 19.7 Å². The topological polar surface area (TPSA) is 228 Å². The molecule has 5 rings (SSSR count). The van der Waals surface area contributed by atoms with Crippen LogP contribution in [0, 0.1) is 11.2 Å². The van der Waals surface area contributed by atoms with E-state index in [0.717, 1.165) is 16.0 Å². The standard InChI is InChI=1S/C23H20FN7O6S.C2HF3O2/c1-35-14-6-12(15(24)13-7-36-9-37-17(13)14)16(28-11-4-2-10(3-5-11)19(25)26)20-29-23(34)31(30-20)21-18(22(32)33)38-8-27-21;3-2(4,5)1(6)7/h2-6,8,16,28H,7,9H2,1H3,(H3,25,26)(H,32,33)(H,29,30,34);(H,6,7). The average Bonchev–Trinajstić information content (AvgIpc) is 3.63. The number of ether oxygens (including phenoxy) is 3. The van der Waals surface area contributed by atoms with Crippen LogP contribution in [0.15, 0.2) is 40.6 Å². The maximum atomic E-state index is 15.9. The summed E-state index contributed by atoms with van der Waals surface area (Å²) in [6.45, 7) is -0.138. The lowest BCUT2D eigenvalue weighted by Gasteiger charge is -2.25. The first kappa shape index (κ1) is 32.4. The largest absolute Gasteiger partial charge is 0.493 e. The predicted molar refractivity (Wildman–Crippen MR) is 147 cm³/mol. The van der Waals surface area contributed by atoms with Gasteiger partial charge in [-0.25, -0.2) is 23.8 Å². The van der Waals surface area contributed by atoms with Gasteiger partial charge >= 0.3 is 23.8 Å². The number of fused-ring (bicyclic) bond motifs is 1. The summed E-state index contributed by atoms with van der Waals surface area (Å²) in [7, 11) is 1.41. The van der Waals surface area contributed by atoms with Gasteiger partial charge in [0, 0.05) is 16.8 Å². The van der Waals surface area contributed by atoms with Crippen LogP contribution in [-0.4, -0.2) is 67.8 Å². The van der Waals surface area contributed by atoms with Crippen molar-refractivity contribution >= 4 is 34.8 Å². The van der Waals surface area contributed by atoms with Gasteiger partial charge in [-0.1, -0.05) is 0 Å². The minimum atomic E-state index is -5.08. The van der Waals surface area contributed by atoms with Crippen LogP contribution in [0.2, 0.25) is 0 Å². The van der Waals surface area contributed by atoms with Gasteiger partial charge in [0.2, 0.25) is 0 Å². The zero-order valence-corrected chi connectivity index (χ0v) is 23.5. The smallest absolute Gasteiger partial charge is 0.490 e. The molecule has 0 aliphatic carbocycles. The number of carboxylic acids is 2. The van der Waals surface area contributed by atoms with E-state index in [4.69, 9.17) is 35.3 Å². The first-order valence-corrected chi connectivity index (χ1v) is 13.1. The van der Waals surface area contributed by atoms with E-state index in [0.29, 0.717) is 11.3 Å². The first-order chi connectivity index (χ1) is 21.2. The third-order valence-corrected chi connectivity index (χ3v) is 6.77. The van der Waals surface area contributed by atoms with Gasteiger partial charge < -0.3 is 35.5 Å². The Morgan fingerprint density at radius 1 is 1.27 bits per heavy atom. The van der Waals surface area contributed by atoms with Crippen molar-refractivity contribution in [3.8, 4) is 17.3 Å². The Balaban J connectivity index is 0.000000591. The summed E-state index contributed by atoms with van der Waals surface area (Å²) in [4.78, 5) is 39.7. The monoisotopic (exact) mass is 655 g/mol. The number of alkyl halides is 3. The van der Waals surface area contributed by atoms with Crippen molar-refractivity contribution in [1.29, 1.82) is 5.41 Å². The first-order valence-electron chi connectivity index (χ1n) is 12.2. The van der Waals surface area contributed by atoms with Crippen molar-refractivity contribution in [2.24, 2.45) is 5.73 Å². The molecule has 4 aromatic rings. The Morgan fingerprint density at radius 3 is 2.51 bits per heavy atom. The number of nitrogen functional groups attached to an aromatic ring is 1. The minimum absolute atomic E-state index is 0.0338. The van der Waals surface area contributed by atoms with E-state index in [1.807, 2.05) is 0 Å². The van der Waals surface area contributed by atoms with Crippen molar-refractivity contribution in [2.75, 3.05) is 19.2 Å². The fourth-order valence-corrected chi connectivity index (χ4v) is 4.55. The van der Waals surface area contributed by atoms with E-state index < -0.39 is 35.7 Å². The van der Waals surface area contributed by atoms with Gasteiger partial charge in [-0.3, -0.25) is 10.4 Å². The Morgan fingerprint density at radius 2 is 1.93 bits per heavy atom. The number of carboxylic acid groups (broad SMARTS) is 2. The minimum Gasteiger partial charge on any atom is -0.493 e. The molecule has 0 saturated heterocycles. The van der Waals surface area contributed by atoms with E-state index in [9.17, 15) is 27.9 Å². The highest BCUT2D eigenvalue weighted by atomic mass is 32.1. The normalized spacial score (nSPS) is 13.0. The summed E-state index contributed by atoms with van der Waals surface area (Å²) in [5, 5.41) is 31.6. The number of hydrogen-bond acceptors (Lipinski definition) is 11. The number of nitrogens with two attached hydrogens (primary N) is 1. The maximum Gasteiger partial charge on any atom is 0.490 e. The summed E-state index contributed by atoms with van der Waals surface area (Å²) in [5.41, 5.74) is 7.17. The molecule has 2 aromatic heterocycles. The van der Waals surface area contributed by atoms with Crippen molar-refractivity contribution in [2.45, 2.75) is 18.8 Å². The lowest BCUT2D eigenvalue weighted by Crippen LogP contribution is -2.21. The number of thiazole rings is 1. The summed E-state index contributed by atoms with van der Waals surface area (Å²) >= 11 is 0.833. The number of anilines is 1. The number of aromatic amines is 1. The number of carbonyl (C=O) groups is 2. The molecule has 7 N–H and O–H groups in total. The number of aromatic nitrogens is 4. The van der Waals surface area contributed by atoms with Gasteiger partial charge in [0.05, 0.1) is 24.8 Å². The average molecular weight is 656 g/mol. The molecule has 0 bridgehead atoms. The predicted octanol–water partition coefficient (Wildman–Crippen LogP) is 2.85. The van der Waals surface area contributed by atoms with Gasteiger partial charge in [-0.2, -0.15) is 17.9 Å². The van der Waals surface area contributed by atoms with E-state index in [1.165, 1.54) is 18.7 Å². The fourth-order valence-electron chi connectivity index (χ4n) is 3.94. The van der Waals surface area contributed by atoms with E-state index >= 15 is 4.39 Å². The van der Waals surface area contributed by atoms with Gasteiger partial charge in [-0.05, 0) is 30.3 Å². The summed E-state index contributed by atoms with van der Waals surface area (Å²) in [5.74, 6) is -4.59. The molecule has 1 aliphatic heterocycles. The zero-order valence-electron chi connectivity index (χ0n) is 22.6. The molecule has 15 nitrogen and oxygen atoms in total. The molecule has 0 amide bonds. The SMILES string of the molecule is COc1cc(C(Nc2ccc(C(=N)N)cc2)c2nn(-c3ncsc3C(=O)O)c(=O)[nH]2)c(F)c2c1OCOC2.O=C(O)C(F)(F)F. The van der Waals surface area contributed by atoms with Crippen LogP contribution in [0.25, 0.3) is 5.82 Å². The van der Waals surface area contributed by atoms with Gasteiger partial charge in [0.1, 0.15) is 17.7 Å². The number of benzene rings is 2. The molecule has 0 spiro atoms. The van der Waals surface area contributed by atoms with E-state index in [1.54, 1.807) is 24.3 Å². The molecule has 20 heteroatoms. The third-order valence-electron chi connectivity index (χ3n) is 5.97. The molecule has 2 aromatic carbocycles. The van der Waals surface area contributed by atoms with Crippen LogP contribution in [-0.2, 0) is 16.1 Å². The van der Waals surface area contributed by atoms with Crippen LogP contribution < -0.4 is 26.2 Å². The summed E-state index contributed by atoms with van der Waals surface area (Å²) < 4.78 is 64.6. The Hall–Kier alpha value is -5.50. The quantitative estimate of drug-likeness (QED) is 0.0915. The zero-order chi connectivity index (χ0) is 33.1. The number of aromatic carboxylic acids is 1. The molecule has 1 unspecified atom stereocenters. The molecule has 0 radical (unpaired) electrons. The van der Waals surface area contributed by atoms with E-state index in [-0.39, 0.29) is 58.4 Å². The molecular weight excluding hydrogens is 634 g/mol. The fraction of sp³-hybridized carbons (Fsp3) is 0.200. The third kappa shape index (κ3) is 7.02. The highest BCUT2D eigenvalue weighted by molar-refractivity contribution is 7.12. The molecule has 1 aliphatic rings. The summed E-state index contributed by atoms with van der Waals surface area (Å²) in [6.07, 6.45) is -5.08. The lowest BCUT2D eigenvalue weighted by atomic mass is 9.99. The molecule has 0 saturated carbocycles. The Bertz CT molecular complexity index is 1800. The van der Waals surface area contributed by atoms with Gasteiger partial charge in [-0.15, -0.1) is 16.4 Å². The van der Waals surface area contributed by atoms with Crippen molar-refractivity contribution < 1.29 is 51.6 Å². The second-order valence-corrected chi connectivity index (χ2v) is 9.66. The number of rotatable bonds is 8. The number of nitrogens with zero attached hydrogens (tertiary/aromatic N) is 3. The van der Waals surface area contributed by atoms with Crippen LogP contribution >= 0.6 is 11.3 Å². The Kier molecular flexibility index (Phi) is 9.37. The van der Waals surface area contributed by atoms with Crippen molar-refractivity contribution in [3.05, 3.63) is 79.5 Å². The second-order valence-electron chi connectivity index (χ2n) is 8.81. The number of hydrogen-bond donors (Lipinski definition) is 6. The number of aliphatic carboxylic acids is 1. The van der Waals surface area contributed by atoms with Gasteiger partial charge in [0.25, 0.3) is 0 Å². The van der Waals surface area contributed by atoms with Crippen LogP contribution in [0.4, 0.5) is 23.2 Å². The Labute approximate surface area is 252 Å². The second kappa shape index (κ2) is 13.0. The lowest BCUT2D eigenvalue weighted by molar-refractivity contribution is -0.192. The molecular formula is C25H21F4N7O8S. The molecule has 238 valence electrons. The number of amidine groups is 1. The number of nitrogens with one attached hydrogen (secondary N) is 3. The van der Waals surface area contributed by atoms with Crippen LogP contribution in [0.5, 0.6) is 11.5 Å². The van der Waals surface area contributed by atoms with Crippen LogP contribution in [0.1, 0.15) is 38.2 Å². The van der Waals surface area contributed by atoms with Crippen LogP contribution in [0.3, 0.4) is 0 Å². The molecule has 1 atom stereocenters. The van der Waals surface area contributed by atoms with E-state index in [2.05, 4.69) is 20.4 Å². The number of H-pyrrole nitrogens is 1. The number of halogens is 4. The molecule has 0 fully saturated rings. The van der Waals surface area contributed by atoms with Gasteiger partial charge in [0.15, 0.2) is 34.8 Å². The van der Waals surface area contributed by atoms with Crippen molar-refractivity contribution in [3.63, 3.8) is 0 Å². The maximum absolute atomic E-state index is 15.9. The molecule has 3 heterocycles. The summed E-state index contributed by atoms with van der Waals surface area (Å²) in [6, 6.07) is 6.78. The highest BCUT2D eigenvalue weighted by Gasteiger charge is 2.38.